The molecule has 0 aliphatic rings. The molecule has 2 heteroatoms. The molecule has 2 nitrogen and oxygen atoms in total. The molecule has 0 unspecified atom stereocenters. The first-order valence-electron chi connectivity index (χ1n) is 6.05. The number of nitrogens with zero attached hydrogens (tertiary/aromatic N) is 1. The van der Waals surface area contributed by atoms with Crippen LogP contribution in [0.4, 0.5) is 5.69 Å². The van der Waals surface area contributed by atoms with Crippen LogP contribution in [0.5, 0.6) is 5.75 Å². The number of hydrogen-bond donors (Lipinski definition) is 0. The third-order valence-corrected chi connectivity index (χ3v) is 2.85. The highest BCUT2D eigenvalue weighted by Crippen LogP contribution is 2.28. The molecule has 0 radical (unpaired) electrons. The molecule has 0 saturated carbocycles. The second kappa shape index (κ2) is 5.50. The predicted octanol–water partition coefficient (Wildman–Crippen LogP) is 4.39. The van der Waals surface area contributed by atoms with Crippen LogP contribution in [0.25, 0.3) is 11.1 Å². The van der Waals surface area contributed by atoms with E-state index < -0.39 is 0 Å². The van der Waals surface area contributed by atoms with Crippen molar-refractivity contribution in [2.24, 2.45) is 4.99 Å². The lowest BCUT2D eigenvalue weighted by molar-refractivity contribution is 0.340. The SMILES string of the molecule is C=Nc1ccc(-c2cccc(OCC)c2)cc1C. The summed E-state index contributed by atoms with van der Waals surface area (Å²) in [6.07, 6.45) is 0. The summed E-state index contributed by atoms with van der Waals surface area (Å²) in [5.74, 6) is 0.901. The lowest BCUT2D eigenvalue weighted by Gasteiger charge is -2.08. The molecule has 0 amide bonds. The standard InChI is InChI=1S/C16H17NO/c1-4-18-15-7-5-6-13(11-15)14-8-9-16(17-3)12(2)10-14/h5-11H,3-4H2,1-2H3. The van der Waals surface area contributed by atoms with Crippen LogP contribution in [0.1, 0.15) is 12.5 Å². The van der Waals surface area contributed by atoms with Crippen LogP contribution < -0.4 is 4.74 Å². The fourth-order valence-electron chi connectivity index (χ4n) is 1.94. The van der Waals surface area contributed by atoms with Crippen LogP contribution in [0.15, 0.2) is 47.5 Å². The highest BCUT2D eigenvalue weighted by atomic mass is 16.5. The molecule has 0 atom stereocenters. The highest BCUT2D eigenvalue weighted by Gasteiger charge is 2.02. The van der Waals surface area contributed by atoms with Crippen molar-refractivity contribution >= 4 is 12.4 Å². The summed E-state index contributed by atoms with van der Waals surface area (Å²) in [7, 11) is 0. The van der Waals surface area contributed by atoms with E-state index in [1.54, 1.807) is 0 Å². The van der Waals surface area contributed by atoms with Gasteiger partial charge in [-0.05, 0) is 61.5 Å². The molecule has 2 aromatic carbocycles. The Labute approximate surface area is 108 Å². The molecule has 0 aliphatic heterocycles. The molecule has 2 rings (SSSR count). The van der Waals surface area contributed by atoms with E-state index in [0.29, 0.717) is 6.61 Å². The van der Waals surface area contributed by atoms with Crippen LogP contribution in [-0.4, -0.2) is 13.3 Å². The first-order valence-corrected chi connectivity index (χ1v) is 6.05. The minimum Gasteiger partial charge on any atom is -0.494 e. The van der Waals surface area contributed by atoms with E-state index in [-0.39, 0.29) is 0 Å². The van der Waals surface area contributed by atoms with Crippen molar-refractivity contribution < 1.29 is 4.74 Å². The van der Waals surface area contributed by atoms with Crippen molar-refractivity contribution in [1.82, 2.24) is 0 Å². The zero-order valence-electron chi connectivity index (χ0n) is 10.8. The number of ether oxygens (including phenoxy) is 1. The maximum atomic E-state index is 5.51. The minimum atomic E-state index is 0.682. The van der Waals surface area contributed by atoms with E-state index in [0.717, 1.165) is 22.6 Å². The Morgan fingerprint density at radius 2 is 1.89 bits per heavy atom. The topological polar surface area (TPSA) is 21.6 Å². The lowest BCUT2D eigenvalue weighted by Crippen LogP contribution is -1.91. The summed E-state index contributed by atoms with van der Waals surface area (Å²) in [6, 6.07) is 14.3. The van der Waals surface area contributed by atoms with Crippen LogP contribution in [-0.2, 0) is 0 Å². The van der Waals surface area contributed by atoms with Crippen molar-refractivity contribution in [3.8, 4) is 16.9 Å². The van der Waals surface area contributed by atoms with E-state index in [1.807, 2.05) is 32.0 Å². The third kappa shape index (κ3) is 2.59. The van der Waals surface area contributed by atoms with Gasteiger partial charge in [-0.2, -0.15) is 0 Å². The molecule has 18 heavy (non-hydrogen) atoms. The molecule has 0 bridgehead atoms. The van der Waals surface area contributed by atoms with Gasteiger partial charge in [-0.3, -0.25) is 4.99 Å². The van der Waals surface area contributed by atoms with Gasteiger partial charge in [0.2, 0.25) is 0 Å². The molecule has 0 N–H and O–H groups in total. The Hall–Kier alpha value is -2.09. The molecule has 0 fully saturated rings. The Morgan fingerprint density at radius 3 is 2.56 bits per heavy atom. The third-order valence-electron chi connectivity index (χ3n) is 2.85. The Kier molecular flexibility index (Phi) is 3.78. The van der Waals surface area contributed by atoms with Crippen LogP contribution in [0.3, 0.4) is 0 Å². The molecule has 0 aromatic heterocycles. The first-order chi connectivity index (χ1) is 8.74. The average Bonchev–Trinajstić information content (AvgIpc) is 2.39. The summed E-state index contributed by atoms with van der Waals surface area (Å²) in [6.45, 7) is 8.27. The fourth-order valence-corrected chi connectivity index (χ4v) is 1.94. The molecule has 0 spiro atoms. The zero-order valence-corrected chi connectivity index (χ0v) is 10.8. The average molecular weight is 239 g/mol. The van der Waals surface area contributed by atoms with Crippen LogP contribution in [0.2, 0.25) is 0 Å². The number of rotatable bonds is 4. The minimum absolute atomic E-state index is 0.682. The van der Waals surface area contributed by atoms with E-state index in [2.05, 4.69) is 36.0 Å². The van der Waals surface area contributed by atoms with Gasteiger partial charge in [0.25, 0.3) is 0 Å². The maximum Gasteiger partial charge on any atom is 0.119 e. The second-order valence-electron chi connectivity index (χ2n) is 4.12. The van der Waals surface area contributed by atoms with Gasteiger partial charge in [-0.15, -0.1) is 0 Å². The molecular weight excluding hydrogens is 222 g/mol. The quantitative estimate of drug-likeness (QED) is 0.725. The van der Waals surface area contributed by atoms with Gasteiger partial charge in [0.15, 0.2) is 0 Å². The van der Waals surface area contributed by atoms with Gasteiger partial charge in [0, 0.05) is 0 Å². The van der Waals surface area contributed by atoms with Gasteiger partial charge in [0.1, 0.15) is 5.75 Å². The summed E-state index contributed by atoms with van der Waals surface area (Å²) in [5.41, 5.74) is 4.38. The molecule has 0 saturated heterocycles. The van der Waals surface area contributed by atoms with Gasteiger partial charge in [-0.25, -0.2) is 0 Å². The predicted molar refractivity (Wildman–Crippen MR) is 77.0 cm³/mol. The number of aliphatic imine (C=N–C) groups is 1. The summed E-state index contributed by atoms with van der Waals surface area (Å²) in [5, 5.41) is 0. The monoisotopic (exact) mass is 239 g/mol. The first kappa shape index (κ1) is 12.4. The van der Waals surface area contributed by atoms with Crippen molar-refractivity contribution in [2.75, 3.05) is 6.61 Å². The van der Waals surface area contributed by atoms with Gasteiger partial charge in [0.05, 0.1) is 12.3 Å². The van der Waals surface area contributed by atoms with Crippen molar-refractivity contribution in [1.29, 1.82) is 0 Å². The molecule has 92 valence electrons. The van der Waals surface area contributed by atoms with E-state index >= 15 is 0 Å². The van der Waals surface area contributed by atoms with Crippen LogP contribution in [0, 0.1) is 6.92 Å². The van der Waals surface area contributed by atoms with E-state index in [1.165, 1.54) is 5.56 Å². The smallest absolute Gasteiger partial charge is 0.119 e. The van der Waals surface area contributed by atoms with Crippen molar-refractivity contribution in [3.05, 3.63) is 48.0 Å². The molecule has 2 aromatic rings. The maximum absolute atomic E-state index is 5.51. The highest BCUT2D eigenvalue weighted by molar-refractivity contribution is 5.69. The lowest BCUT2D eigenvalue weighted by atomic mass is 10.0. The summed E-state index contributed by atoms with van der Waals surface area (Å²) >= 11 is 0. The van der Waals surface area contributed by atoms with Crippen molar-refractivity contribution in [2.45, 2.75) is 13.8 Å². The van der Waals surface area contributed by atoms with Gasteiger partial charge < -0.3 is 4.74 Å². The van der Waals surface area contributed by atoms with E-state index in [9.17, 15) is 0 Å². The number of aryl methyl sites for hydroxylation is 1. The van der Waals surface area contributed by atoms with E-state index in [4.69, 9.17) is 4.74 Å². The fraction of sp³-hybridized carbons (Fsp3) is 0.188. The van der Waals surface area contributed by atoms with Gasteiger partial charge in [-0.1, -0.05) is 18.2 Å². The Morgan fingerprint density at radius 1 is 1.11 bits per heavy atom. The molecule has 0 heterocycles. The normalized spacial score (nSPS) is 10.1. The zero-order chi connectivity index (χ0) is 13.0. The van der Waals surface area contributed by atoms with Gasteiger partial charge >= 0.3 is 0 Å². The molecular formula is C16H17NO. The van der Waals surface area contributed by atoms with Crippen molar-refractivity contribution in [3.63, 3.8) is 0 Å². The van der Waals surface area contributed by atoms with Crippen LogP contribution >= 0.6 is 0 Å². The summed E-state index contributed by atoms with van der Waals surface area (Å²) in [4.78, 5) is 3.98. The Bertz CT molecular complexity index is 561. The second-order valence-corrected chi connectivity index (χ2v) is 4.12. The largest absolute Gasteiger partial charge is 0.494 e. The molecule has 0 aliphatic carbocycles. The number of benzene rings is 2. The summed E-state index contributed by atoms with van der Waals surface area (Å²) < 4.78 is 5.51. The Balaban J connectivity index is 2.39. The number of hydrogen-bond acceptors (Lipinski definition) is 2.